The van der Waals surface area contributed by atoms with Gasteiger partial charge >= 0.3 is 10.4 Å². The van der Waals surface area contributed by atoms with E-state index in [-0.39, 0.29) is 0 Å². The van der Waals surface area contributed by atoms with E-state index in [1.165, 1.54) is 5.56 Å². The summed E-state index contributed by atoms with van der Waals surface area (Å²) in [5, 5.41) is 0. The van der Waals surface area contributed by atoms with Crippen molar-refractivity contribution in [2.45, 2.75) is 6.92 Å². The highest BCUT2D eigenvalue weighted by Gasteiger charge is 2.31. The molecule has 1 aromatic carbocycles. The molecule has 0 aromatic heterocycles. The molecule has 2 rings (SSSR count). The van der Waals surface area contributed by atoms with Crippen molar-refractivity contribution < 1.29 is 17.1 Å². The van der Waals surface area contributed by atoms with E-state index in [1.807, 2.05) is 18.2 Å². The maximum Gasteiger partial charge on any atom is 0.455 e. The highest BCUT2D eigenvalue weighted by atomic mass is 32.3. The van der Waals surface area contributed by atoms with Crippen LogP contribution in [0.25, 0.3) is 0 Å². The molecule has 1 aromatic rings. The van der Waals surface area contributed by atoms with Crippen molar-refractivity contribution in [2.75, 3.05) is 0 Å². The summed E-state index contributed by atoms with van der Waals surface area (Å²) in [4.78, 5) is 0. The second-order valence-corrected chi connectivity index (χ2v) is 3.29. The quantitative estimate of drug-likeness (QED) is 0.453. The molecule has 12 heavy (non-hydrogen) atoms. The Morgan fingerprint density at radius 3 is 1.67 bits per heavy atom. The van der Waals surface area contributed by atoms with Gasteiger partial charge in [0.05, 0.1) is 0 Å². The molecule has 0 atom stereocenters. The average Bonchev–Trinajstić information content (AvgIpc) is 2.69. The van der Waals surface area contributed by atoms with Crippen LogP contribution in [0.5, 0.6) is 0 Å². The summed E-state index contributed by atoms with van der Waals surface area (Å²) >= 11 is 0. The summed E-state index contributed by atoms with van der Waals surface area (Å²) < 4.78 is 25.3. The first-order valence-corrected chi connectivity index (χ1v) is 4.58. The first kappa shape index (κ1) is 9.18. The van der Waals surface area contributed by atoms with Crippen molar-refractivity contribution in [1.29, 1.82) is 0 Å². The molecule has 66 valence electrons. The molecule has 0 aliphatic carbocycles. The molecule has 0 spiro atoms. The molecule has 1 aliphatic rings. The van der Waals surface area contributed by atoms with E-state index in [1.54, 1.807) is 0 Å². The van der Waals surface area contributed by atoms with E-state index in [4.69, 9.17) is 0 Å². The Bertz CT molecular complexity index is 320. The van der Waals surface area contributed by atoms with Gasteiger partial charge in [0.15, 0.2) is 0 Å². The summed E-state index contributed by atoms with van der Waals surface area (Å²) in [6, 6.07) is 10.3. The maximum atomic E-state index is 9.30. The molecule has 1 fully saturated rings. The van der Waals surface area contributed by atoms with Gasteiger partial charge in [0.25, 0.3) is 0 Å². The largest absolute Gasteiger partial charge is 0.455 e. The minimum absolute atomic E-state index is 1.32. The molecule has 0 bridgehead atoms. The van der Waals surface area contributed by atoms with Gasteiger partial charge in [-0.25, -0.2) is 0 Å². The van der Waals surface area contributed by atoms with Crippen LogP contribution in [0.2, 0.25) is 0 Å². The zero-order chi connectivity index (χ0) is 9.03. The molecule has 5 heteroatoms. The number of hydrogen-bond acceptors (Lipinski definition) is 4. The van der Waals surface area contributed by atoms with Crippen LogP contribution in [-0.4, -0.2) is 8.42 Å². The molecule has 0 saturated carbocycles. The van der Waals surface area contributed by atoms with Gasteiger partial charge in [0.2, 0.25) is 0 Å². The van der Waals surface area contributed by atoms with Gasteiger partial charge in [-0.1, -0.05) is 44.6 Å². The van der Waals surface area contributed by atoms with Gasteiger partial charge in [0, 0.05) is 0 Å². The predicted molar refractivity (Wildman–Crippen MR) is 42.3 cm³/mol. The number of rotatable bonds is 0. The molecule has 1 heterocycles. The van der Waals surface area contributed by atoms with Gasteiger partial charge in [-0.15, -0.1) is 0 Å². The highest BCUT2D eigenvalue weighted by Crippen LogP contribution is 2.11. The molecule has 0 amide bonds. The summed E-state index contributed by atoms with van der Waals surface area (Å²) in [6.45, 7) is 2.08. The van der Waals surface area contributed by atoms with E-state index in [0.29, 0.717) is 0 Å². The lowest BCUT2D eigenvalue weighted by Crippen LogP contribution is -1.62. The number of hydrogen-bond donors (Lipinski definition) is 0. The molecule has 1 saturated heterocycles. The molecule has 0 radical (unpaired) electrons. The molecular weight excluding hydrogens is 180 g/mol. The number of aryl methyl sites for hydroxylation is 1. The van der Waals surface area contributed by atoms with Crippen LogP contribution in [0.4, 0.5) is 0 Å². The fraction of sp³-hybridized carbons (Fsp3) is 0.143. The van der Waals surface area contributed by atoms with Crippen molar-refractivity contribution in [3.63, 3.8) is 0 Å². The smallest absolute Gasteiger partial charge is 0.164 e. The van der Waals surface area contributed by atoms with Gasteiger partial charge in [-0.2, -0.15) is 8.42 Å². The zero-order valence-corrected chi connectivity index (χ0v) is 7.24. The van der Waals surface area contributed by atoms with Crippen LogP contribution in [0.15, 0.2) is 30.3 Å². The van der Waals surface area contributed by atoms with Crippen LogP contribution in [0, 0.1) is 6.92 Å². The van der Waals surface area contributed by atoms with E-state index >= 15 is 0 Å². The third-order valence-electron chi connectivity index (χ3n) is 1.12. The lowest BCUT2D eigenvalue weighted by atomic mass is 10.2. The summed E-state index contributed by atoms with van der Waals surface area (Å²) in [7, 11) is -3.42. The molecule has 0 unspecified atom stereocenters. The van der Waals surface area contributed by atoms with Crippen LogP contribution in [0.1, 0.15) is 5.56 Å². The second-order valence-electron chi connectivity index (χ2n) is 2.20. The Morgan fingerprint density at radius 2 is 1.50 bits per heavy atom. The first-order chi connectivity index (χ1) is 5.60. The molecular formula is C7H8O4S. The minimum Gasteiger partial charge on any atom is -0.164 e. The third-order valence-corrected chi connectivity index (χ3v) is 1.48. The summed E-state index contributed by atoms with van der Waals surface area (Å²) in [6.07, 6.45) is 0. The van der Waals surface area contributed by atoms with Crippen molar-refractivity contribution in [3.05, 3.63) is 35.9 Å². The number of benzene rings is 1. The Labute approximate surface area is 71.0 Å². The van der Waals surface area contributed by atoms with Crippen LogP contribution in [0.3, 0.4) is 0 Å². The maximum absolute atomic E-state index is 9.30. The molecule has 0 N–H and O–H groups in total. The average molecular weight is 188 g/mol. The lowest BCUT2D eigenvalue weighted by Gasteiger charge is -1.82. The predicted octanol–water partition coefficient (Wildman–Crippen LogP) is 1.19. The SMILES string of the molecule is Cc1ccccc1.O=S1(=O)OO1. The standard InChI is InChI=1S/C7H8.O4S/c1-7-5-3-2-4-6-7;1-5(2)3-4-5/h2-6H,1H3;. The Morgan fingerprint density at radius 1 is 1.08 bits per heavy atom. The van der Waals surface area contributed by atoms with E-state index < -0.39 is 10.4 Å². The van der Waals surface area contributed by atoms with Crippen molar-refractivity contribution in [2.24, 2.45) is 0 Å². The normalized spacial score (nSPS) is 17.4. The second kappa shape index (κ2) is 3.66. The third kappa shape index (κ3) is 4.07. The zero-order valence-electron chi connectivity index (χ0n) is 6.43. The lowest BCUT2D eigenvalue weighted by molar-refractivity contribution is 0.0850. The Hall–Kier alpha value is -0.910. The fourth-order valence-electron chi connectivity index (χ4n) is 0.557. The van der Waals surface area contributed by atoms with Crippen molar-refractivity contribution >= 4 is 10.4 Å². The molecule has 4 nitrogen and oxygen atoms in total. The van der Waals surface area contributed by atoms with E-state index in [9.17, 15) is 8.42 Å². The summed E-state index contributed by atoms with van der Waals surface area (Å²) in [5.74, 6) is 0. The summed E-state index contributed by atoms with van der Waals surface area (Å²) in [5.41, 5.74) is 1.32. The first-order valence-electron chi connectivity index (χ1n) is 3.24. The van der Waals surface area contributed by atoms with Crippen LogP contribution < -0.4 is 0 Å². The van der Waals surface area contributed by atoms with Crippen LogP contribution in [-0.2, 0) is 19.1 Å². The van der Waals surface area contributed by atoms with Gasteiger partial charge in [0.1, 0.15) is 0 Å². The van der Waals surface area contributed by atoms with Crippen LogP contribution >= 0.6 is 0 Å². The van der Waals surface area contributed by atoms with E-state index in [0.717, 1.165) is 0 Å². The van der Waals surface area contributed by atoms with E-state index in [2.05, 4.69) is 27.7 Å². The van der Waals surface area contributed by atoms with Crippen molar-refractivity contribution in [3.8, 4) is 0 Å². The van der Waals surface area contributed by atoms with Gasteiger partial charge in [-0.3, -0.25) is 0 Å². The Balaban J connectivity index is 0.000000127. The molecule has 1 aliphatic heterocycles. The van der Waals surface area contributed by atoms with Gasteiger partial charge < -0.3 is 0 Å². The van der Waals surface area contributed by atoms with Gasteiger partial charge in [-0.05, 0) is 6.92 Å². The monoisotopic (exact) mass is 188 g/mol. The topological polar surface area (TPSA) is 59.2 Å². The minimum atomic E-state index is -3.42. The fourth-order valence-corrected chi connectivity index (χ4v) is 0.739. The highest BCUT2D eigenvalue weighted by molar-refractivity contribution is 7.85. The van der Waals surface area contributed by atoms with Crippen molar-refractivity contribution in [1.82, 2.24) is 0 Å². The Kier molecular flexibility index (Phi) is 2.80.